The summed E-state index contributed by atoms with van der Waals surface area (Å²) in [6.07, 6.45) is 10.0. The van der Waals surface area contributed by atoms with Crippen molar-refractivity contribution in [2.24, 2.45) is 0 Å². The van der Waals surface area contributed by atoms with Crippen molar-refractivity contribution >= 4 is 11.8 Å². The third kappa shape index (κ3) is 8.09. The van der Waals surface area contributed by atoms with E-state index in [0.717, 1.165) is 5.75 Å². The monoisotopic (exact) mass is 248 g/mol. The first kappa shape index (κ1) is 14.4. The summed E-state index contributed by atoms with van der Waals surface area (Å²) < 4.78 is 0. The molecule has 0 unspecified atom stereocenters. The van der Waals surface area contributed by atoms with Gasteiger partial charge in [0.25, 0.3) is 0 Å². The molecular weight excluding hydrogens is 224 g/mol. The molecule has 0 radical (unpaired) electrons. The van der Waals surface area contributed by atoms with Crippen LogP contribution in [-0.4, -0.2) is 5.75 Å². The minimum atomic E-state index is 1.16. The molecule has 0 spiro atoms. The van der Waals surface area contributed by atoms with Gasteiger partial charge in [-0.1, -0.05) is 55.7 Å². The zero-order chi connectivity index (χ0) is 12.2. The van der Waals surface area contributed by atoms with Crippen LogP contribution in [0.15, 0.2) is 43.0 Å². The molecule has 0 aliphatic carbocycles. The summed E-state index contributed by atoms with van der Waals surface area (Å²) in [5, 5.41) is 0. The maximum atomic E-state index is 3.74. The Labute approximate surface area is 111 Å². The van der Waals surface area contributed by atoms with Gasteiger partial charge in [0, 0.05) is 5.75 Å². The summed E-state index contributed by atoms with van der Waals surface area (Å²) >= 11 is 2.06. The van der Waals surface area contributed by atoms with Gasteiger partial charge in [0.05, 0.1) is 0 Å². The van der Waals surface area contributed by atoms with Crippen LogP contribution in [0.4, 0.5) is 0 Å². The summed E-state index contributed by atoms with van der Waals surface area (Å²) in [6, 6.07) is 10.7. The van der Waals surface area contributed by atoms with E-state index in [1.165, 1.54) is 49.8 Å². The molecule has 0 saturated carbocycles. The van der Waals surface area contributed by atoms with Crippen LogP contribution in [-0.2, 0) is 5.75 Å². The van der Waals surface area contributed by atoms with Gasteiger partial charge in [0.15, 0.2) is 0 Å². The Morgan fingerprint density at radius 1 is 0.941 bits per heavy atom. The SMILES string of the molecule is C=CCCCCCCCSCc1ccccc1. The van der Waals surface area contributed by atoms with Crippen LogP contribution in [0, 0.1) is 0 Å². The van der Waals surface area contributed by atoms with Crippen molar-refractivity contribution in [1.82, 2.24) is 0 Å². The van der Waals surface area contributed by atoms with Crippen molar-refractivity contribution in [2.75, 3.05) is 5.75 Å². The van der Waals surface area contributed by atoms with E-state index in [-0.39, 0.29) is 0 Å². The summed E-state index contributed by atoms with van der Waals surface area (Å²) in [5.74, 6) is 2.47. The average molecular weight is 248 g/mol. The number of hydrogen-bond acceptors (Lipinski definition) is 1. The van der Waals surface area contributed by atoms with E-state index in [4.69, 9.17) is 0 Å². The van der Waals surface area contributed by atoms with Gasteiger partial charge in [0.2, 0.25) is 0 Å². The van der Waals surface area contributed by atoms with Gasteiger partial charge in [-0.3, -0.25) is 0 Å². The number of hydrogen-bond donors (Lipinski definition) is 0. The lowest BCUT2D eigenvalue weighted by atomic mass is 10.1. The lowest BCUT2D eigenvalue weighted by Crippen LogP contribution is -1.84. The summed E-state index contributed by atoms with van der Waals surface area (Å²) in [4.78, 5) is 0. The molecule has 0 nitrogen and oxygen atoms in total. The van der Waals surface area contributed by atoms with Crippen LogP contribution in [0.3, 0.4) is 0 Å². The van der Waals surface area contributed by atoms with E-state index in [1.54, 1.807) is 0 Å². The smallest absolute Gasteiger partial charge is 0.0184 e. The topological polar surface area (TPSA) is 0 Å². The van der Waals surface area contributed by atoms with Crippen molar-refractivity contribution in [1.29, 1.82) is 0 Å². The molecule has 0 heterocycles. The molecule has 0 aliphatic rings. The fourth-order valence-corrected chi connectivity index (χ4v) is 2.77. The third-order valence-corrected chi connectivity index (χ3v) is 3.92. The molecule has 1 rings (SSSR count). The Balaban J connectivity index is 1.86. The first-order valence-corrected chi connectivity index (χ1v) is 7.81. The first-order chi connectivity index (χ1) is 8.43. The number of thioether (sulfide) groups is 1. The van der Waals surface area contributed by atoms with Gasteiger partial charge in [-0.15, -0.1) is 6.58 Å². The maximum absolute atomic E-state index is 3.74. The maximum Gasteiger partial charge on any atom is 0.0184 e. The lowest BCUT2D eigenvalue weighted by Gasteiger charge is -2.02. The predicted molar refractivity (Wildman–Crippen MR) is 80.5 cm³/mol. The van der Waals surface area contributed by atoms with Crippen molar-refractivity contribution in [3.8, 4) is 0 Å². The molecule has 0 saturated heterocycles. The first-order valence-electron chi connectivity index (χ1n) is 6.66. The van der Waals surface area contributed by atoms with Crippen LogP contribution in [0.5, 0.6) is 0 Å². The largest absolute Gasteiger partial charge is 0.157 e. The molecular formula is C16H24S. The van der Waals surface area contributed by atoms with Crippen LogP contribution < -0.4 is 0 Å². The van der Waals surface area contributed by atoms with E-state index in [9.17, 15) is 0 Å². The van der Waals surface area contributed by atoms with Gasteiger partial charge in [0.1, 0.15) is 0 Å². The van der Waals surface area contributed by atoms with E-state index in [0.29, 0.717) is 0 Å². The molecule has 94 valence electrons. The second kappa shape index (κ2) is 10.5. The lowest BCUT2D eigenvalue weighted by molar-refractivity contribution is 0.640. The Morgan fingerprint density at radius 3 is 2.41 bits per heavy atom. The molecule has 1 aromatic rings. The Morgan fingerprint density at radius 2 is 1.65 bits per heavy atom. The summed E-state index contributed by atoms with van der Waals surface area (Å²) in [7, 11) is 0. The quantitative estimate of drug-likeness (QED) is 0.392. The minimum Gasteiger partial charge on any atom is -0.157 e. The van der Waals surface area contributed by atoms with E-state index >= 15 is 0 Å². The number of allylic oxidation sites excluding steroid dienone is 1. The molecule has 0 N–H and O–H groups in total. The minimum absolute atomic E-state index is 1.16. The Kier molecular flexibility index (Phi) is 8.85. The van der Waals surface area contributed by atoms with E-state index < -0.39 is 0 Å². The van der Waals surface area contributed by atoms with Gasteiger partial charge in [-0.25, -0.2) is 0 Å². The van der Waals surface area contributed by atoms with Crippen LogP contribution in [0.2, 0.25) is 0 Å². The van der Waals surface area contributed by atoms with Gasteiger partial charge < -0.3 is 0 Å². The third-order valence-electron chi connectivity index (χ3n) is 2.81. The van der Waals surface area contributed by atoms with E-state index in [2.05, 4.69) is 48.7 Å². The average Bonchev–Trinajstić information content (AvgIpc) is 2.38. The predicted octanol–water partition coefficient (Wildman–Crippen LogP) is 5.45. The molecule has 0 aromatic heterocycles. The fraction of sp³-hybridized carbons (Fsp3) is 0.500. The highest BCUT2D eigenvalue weighted by molar-refractivity contribution is 7.98. The molecule has 1 aromatic carbocycles. The number of benzene rings is 1. The molecule has 0 aliphatic heterocycles. The van der Waals surface area contributed by atoms with Crippen LogP contribution in [0.1, 0.15) is 44.1 Å². The second-order valence-electron chi connectivity index (χ2n) is 4.38. The highest BCUT2D eigenvalue weighted by Crippen LogP contribution is 2.14. The van der Waals surface area contributed by atoms with Gasteiger partial charge in [-0.05, 0) is 30.6 Å². The Bertz CT molecular complexity index is 279. The molecule has 0 amide bonds. The van der Waals surface area contributed by atoms with Crippen molar-refractivity contribution < 1.29 is 0 Å². The van der Waals surface area contributed by atoms with Crippen LogP contribution in [0.25, 0.3) is 0 Å². The highest BCUT2D eigenvalue weighted by atomic mass is 32.2. The summed E-state index contributed by atoms with van der Waals surface area (Å²) in [5.41, 5.74) is 1.45. The zero-order valence-electron chi connectivity index (χ0n) is 10.7. The van der Waals surface area contributed by atoms with Crippen molar-refractivity contribution in [3.05, 3.63) is 48.6 Å². The molecule has 1 heteroatoms. The molecule has 17 heavy (non-hydrogen) atoms. The zero-order valence-corrected chi connectivity index (χ0v) is 11.6. The number of rotatable bonds is 10. The molecule has 0 bridgehead atoms. The summed E-state index contributed by atoms with van der Waals surface area (Å²) in [6.45, 7) is 3.74. The van der Waals surface area contributed by atoms with Crippen LogP contribution >= 0.6 is 11.8 Å². The highest BCUT2D eigenvalue weighted by Gasteiger charge is 1.93. The van der Waals surface area contributed by atoms with Gasteiger partial charge >= 0.3 is 0 Å². The Hall–Kier alpha value is -0.690. The van der Waals surface area contributed by atoms with Gasteiger partial charge in [-0.2, -0.15) is 11.8 Å². The molecule has 0 atom stereocenters. The van der Waals surface area contributed by atoms with E-state index in [1.807, 2.05) is 6.08 Å². The van der Waals surface area contributed by atoms with Crippen molar-refractivity contribution in [3.63, 3.8) is 0 Å². The standard InChI is InChI=1S/C16H24S/c1-2-3-4-5-6-7-11-14-17-15-16-12-9-8-10-13-16/h2,8-10,12-13H,1,3-7,11,14-15H2. The van der Waals surface area contributed by atoms with Crippen molar-refractivity contribution in [2.45, 2.75) is 44.3 Å². The fourth-order valence-electron chi connectivity index (χ4n) is 1.79. The normalized spacial score (nSPS) is 10.4. The second-order valence-corrected chi connectivity index (χ2v) is 5.49. The number of unbranched alkanes of at least 4 members (excludes halogenated alkanes) is 5. The molecule has 0 fully saturated rings.